The molecule has 0 aromatic heterocycles. The fourth-order valence-corrected chi connectivity index (χ4v) is 5.85. The molecule has 2 saturated heterocycles. The second kappa shape index (κ2) is 8.42. The number of piperidine rings is 2. The predicted octanol–water partition coefficient (Wildman–Crippen LogP) is 5.21. The number of ether oxygens (including phenoxy) is 1. The summed E-state index contributed by atoms with van der Waals surface area (Å²) in [5.74, 6) is 1.28. The van der Waals surface area contributed by atoms with Crippen LogP contribution in [0.25, 0.3) is 0 Å². The van der Waals surface area contributed by atoms with Crippen molar-refractivity contribution in [3.8, 4) is 5.75 Å². The molecule has 2 aromatic carbocycles. The van der Waals surface area contributed by atoms with Crippen molar-refractivity contribution in [2.75, 3.05) is 26.2 Å². The first kappa shape index (κ1) is 21.8. The van der Waals surface area contributed by atoms with Crippen molar-refractivity contribution in [3.63, 3.8) is 0 Å². The molecule has 3 aliphatic heterocycles. The first-order chi connectivity index (χ1) is 15.3. The Hall–Kier alpha value is -1.98. The maximum Gasteiger partial charge on any atom is 0.253 e. The van der Waals surface area contributed by atoms with Gasteiger partial charge in [0, 0.05) is 42.1 Å². The third kappa shape index (κ3) is 4.42. The Morgan fingerprint density at radius 2 is 1.62 bits per heavy atom. The number of nitrogens with zero attached hydrogens (tertiary/aromatic N) is 2. The van der Waals surface area contributed by atoms with E-state index in [-0.39, 0.29) is 11.5 Å². The first-order valence-electron chi connectivity index (χ1n) is 11.9. The third-order valence-electron chi connectivity index (χ3n) is 7.71. The summed E-state index contributed by atoms with van der Waals surface area (Å²) >= 11 is 4.32. The van der Waals surface area contributed by atoms with Crippen LogP contribution in [0.1, 0.15) is 61.0 Å². The van der Waals surface area contributed by atoms with Crippen molar-refractivity contribution >= 4 is 18.5 Å². The zero-order chi connectivity index (χ0) is 22.3. The summed E-state index contributed by atoms with van der Waals surface area (Å²) in [4.78, 5) is 18.4. The molecule has 170 valence electrons. The van der Waals surface area contributed by atoms with Gasteiger partial charge in [0.15, 0.2) is 0 Å². The fraction of sp³-hybridized carbons (Fsp3) is 0.519. The number of amides is 1. The van der Waals surface area contributed by atoms with Gasteiger partial charge in [-0.05, 0) is 87.9 Å². The predicted molar refractivity (Wildman–Crippen MR) is 131 cm³/mol. The number of benzene rings is 2. The van der Waals surface area contributed by atoms with Gasteiger partial charge >= 0.3 is 0 Å². The van der Waals surface area contributed by atoms with Crippen molar-refractivity contribution in [1.82, 2.24) is 9.80 Å². The highest BCUT2D eigenvalue weighted by atomic mass is 32.1. The van der Waals surface area contributed by atoms with Crippen LogP contribution in [-0.4, -0.2) is 47.5 Å². The Morgan fingerprint density at radius 1 is 0.969 bits per heavy atom. The van der Waals surface area contributed by atoms with Gasteiger partial charge in [0.1, 0.15) is 11.4 Å². The van der Waals surface area contributed by atoms with E-state index in [1.54, 1.807) is 0 Å². The topological polar surface area (TPSA) is 32.8 Å². The summed E-state index contributed by atoms with van der Waals surface area (Å²) < 4.78 is 6.29. The molecule has 1 amide bonds. The lowest BCUT2D eigenvalue weighted by molar-refractivity contribution is 0.0282. The molecule has 1 spiro atoms. The number of fused-ring (bicyclic) bond motifs is 1. The van der Waals surface area contributed by atoms with E-state index < -0.39 is 0 Å². The van der Waals surface area contributed by atoms with E-state index in [2.05, 4.69) is 49.6 Å². The van der Waals surface area contributed by atoms with Crippen LogP contribution in [0.15, 0.2) is 47.4 Å². The van der Waals surface area contributed by atoms with Crippen LogP contribution in [0.5, 0.6) is 5.75 Å². The summed E-state index contributed by atoms with van der Waals surface area (Å²) in [6.45, 7) is 9.32. The van der Waals surface area contributed by atoms with Gasteiger partial charge in [-0.25, -0.2) is 0 Å². The molecule has 5 heteroatoms. The van der Waals surface area contributed by atoms with E-state index in [0.717, 1.165) is 68.2 Å². The van der Waals surface area contributed by atoms with Crippen LogP contribution in [0.4, 0.5) is 0 Å². The Balaban J connectivity index is 1.16. The zero-order valence-corrected chi connectivity index (χ0v) is 20.2. The summed E-state index contributed by atoms with van der Waals surface area (Å²) in [6, 6.07) is 14.2. The Labute approximate surface area is 197 Å². The van der Waals surface area contributed by atoms with Crippen molar-refractivity contribution in [3.05, 3.63) is 59.2 Å². The number of rotatable bonds is 3. The number of para-hydroxylation sites is 1. The molecular weight excluding hydrogens is 416 g/mol. The van der Waals surface area contributed by atoms with Gasteiger partial charge in [0.25, 0.3) is 5.91 Å². The van der Waals surface area contributed by atoms with Gasteiger partial charge in [0.2, 0.25) is 0 Å². The lowest BCUT2D eigenvalue weighted by Crippen LogP contribution is -2.48. The van der Waals surface area contributed by atoms with E-state index >= 15 is 0 Å². The second-order valence-corrected chi connectivity index (χ2v) is 11.1. The normalized spacial score (nSPS) is 21.9. The van der Waals surface area contributed by atoms with Gasteiger partial charge in [-0.3, -0.25) is 9.69 Å². The Kier molecular flexibility index (Phi) is 5.75. The molecule has 0 bridgehead atoms. The van der Waals surface area contributed by atoms with Gasteiger partial charge in [-0.15, -0.1) is 12.6 Å². The smallest absolute Gasteiger partial charge is 0.253 e. The number of hydrogen-bond donors (Lipinski definition) is 1. The van der Waals surface area contributed by atoms with Crippen LogP contribution in [0.2, 0.25) is 0 Å². The molecule has 3 aliphatic rings. The highest BCUT2D eigenvalue weighted by Gasteiger charge is 2.39. The van der Waals surface area contributed by atoms with E-state index in [1.165, 1.54) is 24.0 Å². The summed E-state index contributed by atoms with van der Waals surface area (Å²) in [5, 5.41) is 0. The first-order valence-corrected chi connectivity index (χ1v) is 12.4. The second-order valence-electron chi connectivity index (χ2n) is 10.6. The molecule has 5 rings (SSSR count). The number of carbonyl (C=O) groups excluding carboxylic acids is 1. The van der Waals surface area contributed by atoms with Crippen molar-refractivity contribution < 1.29 is 9.53 Å². The number of likely N-dealkylation sites (tertiary alicyclic amines) is 2. The number of thiol groups is 1. The average molecular weight is 451 g/mol. The van der Waals surface area contributed by atoms with E-state index in [0.29, 0.717) is 5.41 Å². The molecule has 2 aromatic rings. The SMILES string of the molecule is CC1(C)Cc2cccc(CN3CCC4(CC3)CCN(C(=O)c3ccc(S)cc3)CC4)c2O1. The molecule has 0 unspecified atom stereocenters. The van der Waals surface area contributed by atoms with E-state index in [1.807, 2.05) is 29.2 Å². The number of hydrogen-bond acceptors (Lipinski definition) is 4. The van der Waals surface area contributed by atoms with Crippen molar-refractivity contribution in [2.24, 2.45) is 5.41 Å². The summed E-state index contributed by atoms with van der Waals surface area (Å²) in [6.07, 6.45) is 5.69. The highest BCUT2D eigenvalue weighted by Crippen LogP contribution is 2.43. The molecular formula is C27H34N2O2S. The minimum atomic E-state index is -0.0927. The van der Waals surface area contributed by atoms with Crippen LogP contribution in [0, 0.1) is 5.41 Å². The summed E-state index contributed by atoms with van der Waals surface area (Å²) in [5.41, 5.74) is 3.76. The quantitative estimate of drug-likeness (QED) is 0.652. The van der Waals surface area contributed by atoms with E-state index in [4.69, 9.17) is 4.74 Å². The molecule has 0 N–H and O–H groups in total. The lowest BCUT2D eigenvalue weighted by Gasteiger charge is -2.47. The van der Waals surface area contributed by atoms with Crippen LogP contribution >= 0.6 is 12.6 Å². The highest BCUT2D eigenvalue weighted by molar-refractivity contribution is 7.80. The standard InChI is InChI=1S/C27H34N2O2S/c1-26(2)18-21-4-3-5-22(24(21)31-26)19-28-14-10-27(11-15-28)12-16-29(17-13-27)25(30)20-6-8-23(32)9-7-20/h3-9,32H,10-19H2,1-2H3. The molecule has 4 nitrogen and oxygen atoms in total. The largest absolute Gasteiger partial charge is 0.487 e. The van der Waals surface area contributed by atoms with Crippen molar-refractivity contribution in [1.29, 1.82) is 0 Å². The van der Waals surface area contributed by atoms with Gasteiger partial charge in [0.05, 0.1) is 0 Å². The van der Waals surface area contributed by atoms with Crippen LogP contribution in [-0.2, 0) is 13.0 Å². The maximum absolute atomic E-state index is 12.9. The van der Waals surface area contributed by atoms with Gasteiger partial charge in [-0.1, -0.05) is 18.2 Å². The molecule has 32 heavy (non-hydrogen) atoms. The minimum Gasteiger partial charge on any atom is -0.487 e. The molecule has 3 heterocycles. The molecule has 0 radical (unpaired) electrons. The Bertz CT molecular complexity index is 983. The average Bonchev–Trinajstić information content (AvgIpc) is 3.11. The summed E-state index contributed by atoms with van der Waals surface area (Å²) in [7, 11) is 0. The molecule has 2 fully saturated rings. The van der Waals surface area contributed by atoms with Gasteiger partial charge in [-0.2, -0.15) is 0 Å². The van der Waals surface area contributed by atoms with Gasteiger partial charge < -0.3 is 9.64 Å². The molecule has 0 atom stereocenters. The third-order valence-corrected chi connectivity index (χ3v) is 8.01. The van der Waals surface area contributed by atoms with Crippen LogP contribution < -0.4 is 4.74 Å². The molecule has 0 aliphatic carbocycles. The maximum atomic E-state index is 12.9. The minimum absolute atomic E-state index is 0.0927. The zero-order valence-electron chi connectivity index (χ0n) is 19.3. The number of carbonyl (C=O) groups is 1. The molecule has 0 saturated carbocycles. The van der Waals surface area contributed by atoms with Crippen LogP contribution in [0.3, 0.4) is 0 Å². The monoisotopic (exact) mass is 450 g/mol. The van der Waals surface area contributed by atoms with Crippen molar-refractivity contribution in [2.45, 2.75) is 63.0 Å². The fourth-order valence-electron chi connectivity index (χ4n) is 5.70. The van der Waals surface area contributed by atoms with E-state index in [9.17, 15) is 4.79 Å². The Morgan fingerprint density at radius 3 is 2.31 bits per heavy atom. The lowest BCUT2D eigenvalue weighted by atomic mass is 9.71.